The molecular formula is C12H16ClN3O2. The average Bonchev–Trinajstić information content (AvgIpc) is 2.67. The fourth-order valence-electron chi connectivity index (χ4n) is 1.77. The maximum absolute atomic E-state index is 5.92. The number of hydrogen-bond donors (Lipinski definition) is 0. The van der Waals surface area contributed by atoms with E-state index in [1.54, 1.807) is 19.4 Å². The van der Waals surface area contributed by atoms with Crippen molar-refractivity contribution in [3.8, 4) is 6.01 Å². The summed E-state index contributed by atoms with van der Waals surface area (Å²) in [6.45, 7) is 5.13. The molecule has 0 bridgehead atoms. The number of rotatable bonds is 5. The molecule has 0 saturated heterocycles. The first-order chi connectivity index (χ1) is 8.63. The monoisotopic (exact) mass is 269 g/mol. The second-order valence-electron chi connectivity index (χ2n) is 4.20. The number of nitrogens with zero attached hydrogens (tertiary/aromatic N) is 3. The average molecular weight is 270 g/mol. The molecule has 2 heterocycles. The predicted octanol–water partition coefficient (Wildman–Crippen LogP) is 2.69. The van der Waals surface area contributed by atoms with Gasteiger partial charge in [-0.3, -0.25) is 4.57 Å². The summed E-state index contributed by atoms with van der Waals surface area (Å²) in [6, 6.07) is 2.60. The summed E-state index contributed by atoms with van der Waals surface area (Å²) in [5.41, 5.74) is 1.71. The third-order valence-corrected chi connectivity index (χ3v) is 2.75. The van der Waals surface area contributed by atoms with Gasteiger partial charge in [0.15, 0.2) is 0 Å². The Morgan fingerprint density at radius 3 is 2.83 bits per heavy atom. The predicted molar refractivity (Wildman–Crippen MR) is 70.3 cm³/mol. The lowest BCUT2D eigenvalue weighted by molar-refractivity contribution is 0.137. The molecule has 0 fully saturated rings. The van der Waals surface area contributed by atoms with E-state index in [1.807, 2.05) is 4.57 Å². The molecule has 0 aliphatic rings. The number of methoxy groups -OCH3 is 1. The minimum atomic E-state index is 0.228. The van der Waals surface area contributed by atoms with Crippen LogP contribution in [0.3, 0.4) is 0 Å². The van der Waals surface area contributed by atoms with Gasteiger partial charge < -0.3 is 9.47 Å². The van der Waals surface area contributed by atoms with Crippen molar-refractivity contribution in [3.63, 3.8) is 0 Å². The van der Waals surface area contributed by atoms with Crippen molar-refractivity contribution in [1.82, 2.24) is 14.5 Å². The van der Waals surface area contributed by atoms with Gasteiger partial charge in [-0.15, -0.1) is 0 Å². The summed E-state index contributed by atoms with van der Waals surface area (Å²) in [7, 11) is 1.64. The highest BCUT2D eigenvalue weighted by Gasteiger charge is 2.15. The number of hydrogen-bond acceptors (Lipinski definition) is 4. The van der Waals surface area contributed by atoms with E-state index in [1.165, 1.54) is 0 Å². The minimum Gasteiger partial charge on any atom is -0.462 e. The fraction of sp³-hybridized carbons (Fsp3) is 0.500. The van der Waals surface area contributed by atoms with Gasteiger partial charge in [-0.1, -0.05) is 11.6 Å². The Bertz CT molecular complexity index is 539. The standard InChI is InChI=1S/C12H16ClN3O2/c1-8(2)16-10-6-11(13)14-7-9(10)15-12(16)18-5-4-17-3/h6-8H,4-5H2,1-3H3. The molecule has 98 valence electrons. The van der Waals surface area contributed by atoms with Crippen molar-refractivity contribution in [3.05, 3.63) is 17.4 Å². The van der Waals surface area contributed by atoms with E-state index in [-0.39, 0.29) is 6.04 Å². The molecule has 2 aromatic rings. The molecule has 6 heteroatoms. The minimum absolute atomic E-state index is 0.228. The van der Waals surface area contributed by atoms with Crippen LogP contribution in [-0.2, 0) is 4.74 Å². The lowest BCUT2D eigenvalue weighted by Gasteiger charge is -2.12. The van der Waals surface area contributed by atoms with E-state index in [9.17, 15) is 0 Å². The Morgan fingerprint density at radius 2 is 2.17 bits per heavy atom. The summed E-state index contributed by atoms with van der Waals surface area (Å²) >= 11 is 5.92. The van der Waals surface area contributed by atoms with Gasteiger partial charge in [0.25, 0.3) is 6.01 Å². The number of pyridine rings is 1. The SMILES string of the molecule is COCCOc1nc2cnc(Cl)cc2n1C(C)C. The van der Waals surface area contributed by atoms with Crippen molar-refractivity contribution in [2.45, 2.75) is 19.9 Å². The number of fused-ring (bicyclic) bond motifs is 1. The summed E-state index contributed by atoms with van der Waals surface area (Å²) in [5, 5.41) is 0.452. The van der Waals surface area contributed by atoms with Gasteiger partial charge in [0, 0.05) is 19.2 Å². The third-order valence-electron chi connectivity index (χ3n) is 2.55. The van der Waals surface area contributed by atoms with Gasteiger partial charge in [-0.05, 0) is 13.8 Å². The Labute approximate surface area is 111 Å². The van der Waals surface area contributed by atoms with Crippen LogP contribution in [0.25, 0.3) is 11.0 Å². The van der Waals surface area contributed by atoms with Gasteiger partial charge in [-0.25, -0.2) is 4.98 Å². The molecule has 0 aromatic carbocycles. The zero-order valence-corrected chi connectivity index (χ0v) is 11.4. The summed E-state index contributed by atoms with van der Waals surface area (Å²) < 4.78 is 12.6. The van der Waals surface area contributed by atoms with Crippen molar-refractivity contribution in [2.24, 2.45) is 0 Å². The third kappa shape index (κ3) is 2.57. The molecule has 5 nitrogen and oxygen atoms in total. The molecule has 18 heavy (non-hydrogen) atoms. The molecule has 2 aromatic heterocycles. The first-order valence-electron chi connectivity index (χ1n) is 5.78. The lowest BCUT2D eigenvalue weighted by atomic mass is 10.3. The molecule has 0 unspecified atom stereocenters. The molecule has 0 amide bonds. The second kappa shape index (κ2) is 5.54. The quantitative estimate of drug-likeness (QED) is 0.619. The molecular weight excluding hydrogens is 254 g/mol. The number of aromatic nitrogens is 3. The molecule has 0 aliphatic heterocycles. The number of halogens is 1. The molecule has 0 aliphatic carbocycles. The maximum atomic E-state index is 5.92. The van der Waals surface area contributed by atoms with Gasteiger partial charge >= 0.3 is 0 Å². The first kappa shape index (κ1) is 13.1. The van der Waals surface area contributed by atoms with Gasteiger partial charge in [-0.2, -0.15) is 4.98 Å². The molecule has 0 N–H and O–H groups in total. The maximum Gasteiger partial charge on any atom is 0.297 e. The van der Waals surface area contributed by atoms with Crippen LogP contribution in [0, 0.1) is 0 Å². The van der Waals surface area contributed by atoms with E-state index in [0.29, 0.717) is 24.4 Å². The van der Waals surface area contributed by atoms with E-state index in [2.05, 4.69) is 23.8 Å². The molecule has 0 saturated carbocycles. The Hall–Kier alpha value is -1.33. The van der Waals surface area contributed by atoms with Gasteiger partial charge in [0.05, 0.1) is 18.3 Å². The van der Waals surface area contributed by atoms with Crippen LogP contribution in [0.5, 0.6) is 6.01 Å². The lowest BCUT2D eigenvalue weighted by Crippen LogP contribution is -2.10. The van der Waals surface area contributed by atoms with Crippen molar-refractivity contribution in [1.29, 1.82) is 0 Å². The highest BCUT2D eigenvalue weighted by molar-refractivity contribution is 6.29. The summed E-state index contributed by atoms with van der Waals surface area (Å²) in [6.07, 6.45) is 1.65. The van der Waals surface area contributed by atoms with E-state index >= 15 is 0 Å². The largest absolute Gasteiger partial charge is 0.462 e. The Kier molecular flexibility index (Phi) is 4.04. The zero-order chi connectivity index (χ0) is 13.1. The van der Waals surface area contributed by atoms with Crippen LogP contribution < -0.4 is 4.74 Å². The molecule has 2 rings (SSSR count). The Morgan fingerprint density at radius 1 is 1.39 bits per heavy atom. The van der Waals surface area contributed by atoms with Crippen LogP contribution in [-0.4, -0.2) is 34.9 Å². The normalized spacial score (nSPS) is 11.4. The topological polar surface area (TPSA) is 49.2 Å². The zero-order valence-electron chi connectivity index (χ0n) is 10.7. The molecule has 0 radical (unpaired) electrons. The van der Waals surface area contributed by atoms with Crippen LogP contribution >= 0.6 is 11.6 Å². The smallest absolute Gasteiger partial charge is 0.297 e. The van der Waals surface area contributed by atoms with E-state index < -0.39 is 0 Å². The Balaban J connectivity index is 2.41. The van der Waals surface area contributed by atoms with Crippen molar-refractivity contribution >= 4 is 22.6 Å². The van der Waals surface area contributed by atoms with E-state index in [4.69, 9.17) is 21.1 Å². The highest BCUT2D eigenvalue weighted by atomic mass is 35.5. The molecule has 0 atom stereocenters. The van der Waals surface area contributed by atoms with Crippen LogP contribution in [0.2, 0.25) is 5.15 Å². The van der Waals surface area contributed by atoms with Crippen molar-refractivity contribution in [2.75, 3.05) is 20.3 Å². The molecule has 0 spiro atoms. The van der Waals surface area contributed by atoms with Crippen LogP contribution in [0.4, 0.5) is 0 Å². The van der Waals surface area contributed by atoms with Crippen LogP contribution in [0.1, 0.15) is 19.9 Å². The summed E-state index contributed by atoms with van der Waals surface area (Å²) in [5.74, 6) is 0. The summed E-state index contributed by atoms with van der Waals surface area (Å²) in [4.78, 5) is 8.44. The highest BCUT2D eigenvalue weighted by Crippen LogP contribution is 2.26. The van der Waals surface area contributed by atoms with Crippen molar-refractivity contribution < 1.29 is 9.47 Å². The van der Waals surface area contributed by atoms with Crippen LogP contribution in [0.15, 0.2) is 12.3 Å². The first-order valence-corrected chi connectivity index (χ1v) is 6.16. The van der Waals surface area contributed by atoms with E-state index in [0.717, 1.165) is 11.0 Å². The number of ether oxygens (including phenoxy) is 2. The van der Waals surface area contributed by atoms with Gasteiger partial charge in [0.2, 0.25) is 0 Å². The fourth-order valence-corrected chi connectivity index (χ4v) is 1.92. The second-order valence-corrected chi connectivity index (χ2v) is 4.58. The van der Waals surface area contributed by atoms with Gasteiger partial charge in [0.1, 0.15) is 17.3 Å². The number of imidazole rings is 1.